The van der Waals surface area contributed by atoms with Crippen molar-refractivity contribution in [2.75, 3.05) is 13.2 Å². The van der Waals surface area contributed by atoms with E-state index < -0.39 is 6.10 Å². The third-order valence-electron chi connectivity index (χ3n) is 10.6. The fraction of sp³-hybridized carbons (Fsp3) is 0.935. The summed E-state index contributed by atoms with van der Waals surface area (Å²) in [5, 5.41) is 0. The van der Waals surface area contributed by atoms with Crippen LogP contribution >= 0.6 is 0 Å². The van der Waals surface area contributed by atoms with Crippen molar-refractivity contribution < 1.29 is 28.6 Å². The van der Waals surface area contributed by atoms with E-state index in [1.54, 1.807) is 0 Å². The van der Waals surface area contributed by atoms with Gasteiger partial charge in [-0.3, -0.25) is 14.4 Å². The largest absolute Gasteiger partial charge is 0.462 e. The monoisotopic (exact) mass is 737 g/mol. The lowest BCUT2D eigenvalue weighted by Gasteiger charge is -2.18. The van der Waals surface area contributed by atoms with Gasteiger partial charge in [-0.25, -0.2) is 0 Å². The number of esters is 3. The highest BCUT2D eigenvalue weighted by molar-refractivity contribution is 5.71. The second-order valence-electron chi connectivity index (χ2n) is 16.4. The van der Waals surface area contributed by atoms with Crippen LogP contribution in [0.25, 0.3) is 0 Å². The molecule has 0 amide bonds. The van der Waals surface area contributed by atoms with Gasteiger partial charge in [0.25, 0.3) is 0 Å². The molecule has 0 aromatic rings. The fourth-order valence-electron chi connectivity index (χ4n) is 6.72. The average Bonchev–Trinajstić information content (AvgIpc) is 3.12. The van der Waals surface area contributed by atoms with Crippen LogP contribution in [-0.2, 0) is 28.6 Å². The number of rotatable bonds is 40. The number of hydrogen-bond acceptors (Lipinski definition) is 6. The maximum atomic E-state index is 12.7. The summed E-state index contributed by atoms with van der Waals surface area (Å²) in [6, 6.07) is 0. The highest BCUT2D eigenvalue weighted by Gasteiger charge is 2.19. The van der Waals surface area contributed by atoms with E-state index in [4.69, 9.17) is 14.2 Å². The third-order valence-corrected chi connectivity index (χ3v) is 10.6. The van der Waals surface area contributed by atoms with Gasteiger partial charge in [0.05, 0.1) is 0 Å². The van der Waals surface area contributed by atoms with Crippen LogP contribution in [0.5, 0.6) is 0 Å². The van der Waals surface area contributed by atoms with E-state index in [-0.39, 0.29) is 31.1 Å². The summed E-state index contributed by atoms with van der Waals surface area (Å²) >= 11 is 0. The second-order valence-corrected chi connectivity index (χ2v) is 16.4. The number of carbonyl (C=O) groups excluding carboxylic acids is 3. The molecule has 0 radical (unpaired) electrons. The van der Waals surface area contributed by atoms with Crippen LogP contribution in [0, 0.1) is 11.8 Å². The van der Waals surface area contributed by atoms with E-state index >= 15 is 0 Å². The maximum absolute atomic E-state index is 12.7. The van der Waals surface area contributed by atoms with Gasteiger partial charge in [0.15, 0.2) is 6.10 Å². The van der Waals surface area contributed by atoms with Crippen molar-refractivity contribution in [3.05, 3.63) is 0 Å². The zero-order valence-corrected chi connectivity index (χ0v) is 35.4. The Hall–Kier alpha value is -1.59. The lowest BCUT2D eigenvalue weighted by molar-refractivity contribution is -0.167. The summed E-state index contributed by atoms with van der Waals surface area (Å²) in [7, 11) is 0. The molecule has 0 saturated heterocycles. The van der Waals surface area contributed by atoms with Crippen molar-refractivity contribution in [2.24, 2.45) is 11.8 Å². The molecule has 0 aliphatic rings. The molecule has 0 aromatic heterocycles. The second kappa shape index (κ2) is 39.1. The minimum Gasteiger partial charge on any atom is -0.462 e. The maximum Gasteiger partial charge on any atom is 0.306 e. The Kier molecular flexibility index (Phi) is 37.9. The number of ether oxygens (including phenoxy) is 3. The highest BCUT2D eigenvalue weighted by atomic mass is 16.6. The van der Waals surface area contributed by atoms with E-state index in [2.05, 4.69) is 34.6 Å². The summed E-state index contributed by atoms with van der Waals surface area (Å²) in [5.74, 6) is 0.746. The number of hydrogen-bond donors (Lipinski definition) is 0. The Bertz CT molecular complexity index is 796. The molecule has 0 fully saturated rings. The molecule has 1 unspecified atom stereocenters. The molecule has 52 heavy (non-hydrogen) atoms. The van der Waals surface area contributed by atoms with Crippen molar-refractivity contribution in [2.45, 2.75) is 253 Å². The molecular formula is C46H88O6. The molecule has 0 saturated carbocycles. The Balaban J connectivity index is 4.34. The highest BCUT2D eigenvalue weighted by Crippen LogP contribution is 2.17. The molecule has 6 nitrogen and oxygen atoms in total. The van der Waals surface area contributed by atoms with Gasteiger partial charge in [0, 0.05) is 19.3 Å². The molecular weight excluding hydrogens is 648 g/mol. The van der Waals surface area contributed by atoms with Crippen LogP contribution in [0.1, 0.15) is 247 Å². The molecule has 0 spiro atoms. The molecule has 0 aliphatic heterocycles. The summed E-state index contributed by atoms with van der Waals surface area (Å²) in [6.45, 7) is 11.3. The third kappa shape index (κ3) is 38.1. The van der Waals surface area contributed by atoms with Gasteiger partial charge in [0.1, 0.15) is 13.2 Å². The van der Waals surface area contributed by atoms with E-state index in [1.165, 1.54) is 135 Å². The van der Waals surface area contributed by atoms with Gasteiger partial charge in [-0.05, 0) is 31.1 Å². The first-order valence-electron chi connectivity index (χ1n) is 22.8. The van der Waals surface area contributed by atoms with Crippen molar-refractivity contribution in [3.63, 3.8) is 0 Å². The fourth-order valence-corrected chi connectivity index (χ4v) is 6.72. The topological polar surface area (TPSA) is 78.9 Å². The standard InChI is InChI=1S/C46H88O6/c1-6-8-9-10-11-12-13-14-15-16-20-26-31-36-44(47)50-39-43(40-51-45(48)37-32-27-23-22-25-30-35-42(5)7-2)52-46(49)38-33-28-21-18-17-19-24-29-34-41(3)4/h41-43H,6-40H2,1-5H3/t42?,43-/m1/s1. The quantitative estimate of drug-likeness (QED) is 0.0354. The van der Waals surface area contributed by atoms with Gasteiger partial charge in [-0.15, -0.1) is 0 Å². The first-order chi connectivity index (χ1) is 25.3. The molecule has 0 heterocycles. The molecule has 0 aliphatic carbocycles. The van der Waals surface area contributed by atoms with E-state index in [9.17, 15) is 14.4 Å². The summed E-state index contributed by atoms with van der Waals surface area (Å²) in [4.78, 5) is 37.7. The zero-order valence-electron chi connectivity index (χ0n) is 35.4. The molecule has 6 heteroatoms. The van der Waals surface area contributed by atoms with E-state index in [1.807, 2.05) is 0 Å². The molecule has 0 N–H and O–H groups in total. The normalized spacial score (nSPS) is 12.6. The molecule has 0 rings (SSSR count). The van der Waals surface area contributed by atoms with Gasteiger partial charge in [-0.2, -0.15) is 0 Å². The SMILES string of the molecule is CCCCCCCCCCCCCCCC(=O)OC[C@H](COC(=O)CCCCCCCCC(C)CC)OC(=O)CCCCCCCCCCC(C)C. The first-order valence-corrected chi connectivity index (χ1v) is 22.8. The summed E-state index contributed by atoms with van der Waals surface area (Å²) in [6.07, 6.45) is 36.6. The van der Waals surface area contributed by atoms with Crippen LogP contribution in [-0.4, -0.2) is 37.2 Å². The van der Waals surface area contributed by atoms with Crippen LogP contribution in [0.3, 0.4) is 0 Å². The minimum absolute atomic E-state index is 0.0657. The van der Waals surface area contributed by atoms with Crippen LogP contribution in [0.2, 0.25) is 0 Å². The van der Waals surface area contributed by atoms with Crippen LogP contribution in [0.4, 0.5) is 0 Å². The van der Waals surface area contributed by atoms with E-state index in [0.29, 0.717) is 19.3 Å². The molecule has 0 bridgehead atoms. The van der Waals surface area contributed by atoms with Crippen LogP contribution < -0.4 is 0 Å². The minimum atomic E-state index is -0.761. The molecule has 0 aromatic carbocycles. The predicted octanol–water partition coefficient (Wildman–Crippen LogP) is 14.2. The first kappa shape index (κ1) is 50.4. The number of carbonyl (C=O) groups is 3. The van der Waals surface area contributed by atoms with Gasteiger partial charge < -0.3 is 14.2 Å². The lowest BCUT2D eigenvalue weighted by Crippen LogP contribution is -2.30. The zero-order chi connectivity index (χ0) is 38.3. The van der Waals surface area contributed by atoms with Gasteiger partial charge in [0.2, 0.25) is 0 Å². The molecule has 308 valence electrons. The average molecular weight is 737 g/mol. The van der Waals surface area contributed by atoms with E-state index in [0.717, 1.165) is 69.6 Å². The van der Waals surface area contributed by atoms with Crippen molar-refractivity contribution >= 4 is 17.9 Å². The Labute approximate surface area is 323 Å². The summed E-state index contributed by atoms with van der Waals surface area (Å²) in [5.41, 5.74) is 0. The van der Waals surface area contributed by atoms with Crippen LogP contribution in [0.15, 0.2) is 0 Å². The smallest absolute Gasteiger partial charge is 0.306 e. The Morgan fingerprint density at radius 2 is 0.731 bits per heavy atom. The lowest BCUT2D eigenvalue weighted by atomic mass is 10.00. The van der Waals surface area contributed by atoms with Crippen molar-refractivity contribution in [1.29, 1.82) is 0 Å². The number of unbranched alkanes of at least 4 members (excludes halogenated alkanes) is 24. The Morgan fingerprint density at radius 3 is 1.10 bits per heavy atom. The van der Waals surface area contributed by atoms with Crippen molar-refractivity contribution in [3.8, 4) is 0 Å². The van der Waals surface area contributed by atoms with Crippen molar-refractivity contribution in [1.82, 2.24) is 0 Å². The predicted molar refractivity (Wildman–Crippen MR) is 220 cm³/mol. The van der Waals surface area contributed by atoms with Gasteiger partial charge >= 0.3 is 17.9 Å². The Morgan fingerprint density at radius 1 is 0.404 bits per heavy atom. The van der Waals surface area contributed by atoms with Gasteiger partial charge in [-0.1, -0.05) is 208 Å². The summed E-state index contributed by atoms with van der Waals surface area (Å²) < 4.78 is 16.7. The molecule has 2 atom stereocenters.